The van der Waals surface area contributed by atoms with Crippen molar-refractivity contribution in [3.63, 3.8) is 0 Å². The van der Waals surface area contributed by atoms with Gasteiger partial charge in [-0.2, -0.15) is 0 Å². The van der Waals surface area contributed by atoms with E-state index in [2.05, 4.69) is 5.32 Å². The molecule has 1 unspecified atom stereocenters. The average Bonchev–Trinajstić information content (AvgIpc) is 2.86. The quantitative estimate of drug-likeness (QED) is 0.896. The van der Waals surface area contributed by atoms with Crippen LogP contribution in [0, 0.1) is 5.82 Å². The smallest absolute Gasteiger partial charge is 0.231 e. The number of phenols is 1. The maximum absolute atomic E-state index is 13.0. The highest BCUT2D eigenvalue weighted by molar-refractivity contribution is 6.33. The first-order valence-electron chi connectivity index (χ1n) is 6.38. The molecule has 1 aliphatic rings. The molecule has 0 aliphatic carbocycles. The van der Waals surface area contributed by atoms with E-state index >= 15 is 0 Å². The van der Waals surface area contributed by atoms with Crippen LogP contribution in [0.3, 0.4) is 0 Å². The molecule has 4 nitrogen and oxygen atoms in total. The van der Waals surface area contributed by atoms with Gasteiger partial charge in [-0.15, -0.1) is 0 Å². The fourth-order valence-electron chi connectivity index (χ4n) is 2.22. The van der Waals surface area contributed by atoms with Gasteiger partial charge in [-0.3, -0.25) is 0 Å². The Morgan fingerprint density at radius 1 is 1.24 bits per heavy atom. The second kappa shape index (κ2) is 5.33. The van der Waals surface area contributed by atoms with Crippen LogP contribution in [-0.2, 0) is 0 Å². The molecule has 0 amide bonds. The molecule has 1 heterocycles. The van der Waals surface area contributed by atoms with Crippen LogP contribution in [0.25, 0.3) is 0 Å². The number of hydrogen-bond donors (Lipinski definition) is 2. The van der Waals surface area contributed by atoms with E-state index in [1.807, 2.05) is 6.92 Å². The molecule has 1 atom stereocenters. The average molecular weight is 310 g/mol. The Morgan fingerprint density at radius 3 is 2.67 bits per heavy atom. The molecule has 0 fully saturated rings. The third-order valence-electron chi connectivity index (χ3n) is 3.29. The van der Waals surface area contributed by atoms with Crippen molar-refractivity contribution in [3.8, 4) is 17.2 Å². The standard InChI is InChI=1S/C15H13ClFNO3/c1-8(10-3-2-9(17)4-13(10)19)18-12-6-15-14(5-11(12)16)20-7-21-15/h2-6,8,18-19H,7H2,1H3. The molecule has 0 saturated heterocycles. The molecular weight excluding hydrogens is 297 g/mol. The lowest BCUT2D eigenvalue weighted by Crippen LogP contribution is -2.07. The third kappa shape index (κ3) is 2.69. The zero-order chi connectivity index (χ0) is 15.0. The van der Waals surface area contributed by atoms with Gasteiger partial charge in [0.25, 0.3) is 0 Å². The van der Waals surface area contributed by atoms with Crippen molar-refractivity contribution in [3.05, 3.63) is 46.7 Å². The van der Waals surface area contributed by atoms with Crippen LogP contribution in [-0.4, -0.2) is 11.9 Å². The van der Waals surface area contributed by atoms with E-state index < -0.39 is 5.82 Å². The Hall–Kier alpha value is -2.14. The first-order chi connectivity index (χ1) is 10.0. The highest BCUT2D eigenvalue weighted by atomic mass is 35.5. The van der Waals surface area contributed by atoms with E-state index in [-0.39, 0.29) is 18.6 Å². The molecule has 0 aromatic heterocycles. The number of hydrogen-bond acceptors (Lipinski definition) is 4. The van der Waals surface area contributed by atoms with Crippen LogP contribution < -0.4 is 14.8 Å². The second-order valence-corrected chi connectivity index (χ2v) is 5.16. The van der Waals surface area contributed by atoms with Crippen molar-refractivity contribution in [2.75, 3.05) is 12.1 Å². The number of halogens is 2. The van der Waals surface area contributed by atoms with Crippen LogP contribution in [0.2, 0.25) is 5.02 Å². The molecule has 21 heavy (non-hydrogen) atoms. The van der Waals surface area contributed by atoms with Crippen LogP contribution >= 0.6 is 11.6 Å². The molecule has 0 spiro atoms. The summed E-state index contributed by atoms with van der Waals surface area (Å²) >= 11 is 6.18. The summed E-state index contributed by atoms with van der Waals surface area (Å²) in [5.74, 6) is 0.622. The number of phenolic OH excluding ortho intramolecular Hbond substituents is 1. The van der Waals surface area contributed by atoms with Gasteiger partial charge >= 0.3 is 0 Å². The number of nitrogens with one attached hydrogen (secondary N) is 1. The van der Waals surface area contributed by atoms with E-state index in [4.69, 9.17) is 21.1 Å². The normalized spacial score (nSPS) is 14.0. The van der Waals surface area contributed by atoms with Crippen LogP contribution in [0.15, 0.2) is 30.3 Å². The number of benzene rings is 2. The van der Waals surface area contributed by atoms with Crippen LogP contribution in [0.1, 0.15) is 18.5 Å². The van der Waals surface area contributed by atoms with Gasteiger partial charge in [-0.1, -0.05) is 17.7 Å². The highest BCUT2D eigenvalue weighted by Crippen LogP contribution is 2.40. The Morgan fingerprint density at radius 2 is 1.95 bits per heavy atom. The van der Waals surface area contributed by atoms with E-state index in [1.165, 1.54) is 12.1 Å². The highest BCUT2D eigenvalue weighted by Gasteiger charge is 2.18. The number of anilines is 1. The molecular formula is C15H13ClFNO3. The summed E-state index contributed by atoms with van der Waals surface area (Å²) in [6.45, 7) is 2.01. The van der Waals surface area contributed by atoms with E-state index in [0.717, 1.165) is 6.07 Å². The SMILES string of the molecule is CC(Nc1cc2c(cc1Cl)OCO2)c1ccc(F)cc1O. The monoisotopic (exact) mass is 309 g/mol. The first-order valence-corrected chi connectivity index (χ1v) is 6.76. The molecule has 0 saturated carbocycles. The second-order valence-electron chi connectivity index (χ2n) is 4.75. The fraction of sp³-hybridized carbons (Fsp3) is 0.200. The van der Waals surface area contributed by atoms with Crippen molar-refractivity contribution in [1.29, 1.82) is 0 Å². The Labute approximate surface area is 126 Å². The van der Waals surface area contributed by atoms with E-state index in [0.29, 0.717) is 27.8 Å². The van der Waals surface area contributed by atoms with Gasteiger partial charge in [0.05, 0.1) is 16.8 Å². The molecule has 2 aromatic rings. The van der Waals surface area contributed by atoms with Crippen LogP contribution in [0.4, 0.5) is 10.1 Å². The van der Waals surface area contributed by atoms with Gasteiger partial charge in [0.15, 0.2) is 11.5 Å². The van der Waals surface area contributed by atoms with E-state index in [9.17, 15) is 9.50 Å². The summed E-state index contributed by atoms with van der Waals surface area (Å²) in [5.41, 5.74) is 1.22. The Balaban J connectivity index is 1.86. The molecule has 6 heteroatoms. The summed E-state index contributed by atoms with van der Waals surface area (Å²) < 4.78 is 23.6. The lowest BCUT2D eigenvalue weighted by Gasteiger charge is -2.18. The predicted molar refractivity (Wildman–Crippen MR) is 77.7 cm³/mol. The zero-order valence-corrected chi connectivity index (χ0v) is 11.9. The minimum absolute atomic E-state index is 0.105. The minimum atomic E-state index is -0.482. The van der Waals surface area contributed by atoms with Gasteiger partial charge < -0.3 is 19.9 Å². The van der Waals surface area contributed by atoms with Crippen LogP contribution in [0.5, 0.6) is 17.2 Å². The maximum Gasteiger partial charge on any atom is 0.231 e. The number of aromatic hydroxyl groups is 1. The summed E-state index contributed by atoms with van der Waals surface area (Å²) in [4.78, 5) is 0. The van der Waals surface area contributed by atoms with Crippen molar-refractivity contribution < 1.29 is 19.0 Å². The van der Waals surface area contributed by atoms with Gasteiger partial charge in [-0.05, 0) is 13.0 Å². The minimum Gasteiger partial charge on any atom is -0.507 e. The van der Waals surface area contributed by atoms with Gasteiger partial charge in [0, 0.05) is 23.8 Å². The van der Waals surface area contributed by atoms with Crippen molar-refractivity contribution in [2.45, 2.75) is 13.0 Å². The number of rotatable bonds is 3. The molecule has 0 bridgehead atoms. The Bertz CT molecular complexity index is 693. The number of fused-ring (bicyclic) bond motifs is 1. The lowest BCUT2D eigenvalue weighted by atomic mass is 10.1. The molecule has 3 rings (SSSR count). The summed E-state index contributed by atoms with van der Waals surface area (Å²) in [5, 5.41) is 13.5. The van der Waals surface area contributed by atoms with Crippen molar-refractivity contribution in [2.24, 2.45) is 0 Å². The Kier molecular flexibility index (Phi) is 3.51. The van der Waals surface area contributed by atoms with Crippen molar-refractivity contribution in [1.82, 2.24) is 0 Å². The fourth-order valence-corrected chi connectivity index (χ4v) is 2.43. The van der Waals surface area contributed by atoms with Gasteiger partial charge in [0.1, 0.15) is 11.6 Å². The topological polar surface area (TPSA) is 50.7 Å². The van der Waals surface area contributed by atoms with Crippen molar-refractivity contribution >= 4 is 17.3 Å². The largest absolute Gasteiger partial charge is 0.507 e. The first kappa shape index (κ1) is 13.8. The van der Waals surface area contributed by atoms with E-state index in [1.54, 1.807) is 12.1 Å². The third-order valence-corrected chi connectivity index (χ3v) is 3.61. The number of ether oxygens (including phenoxy) is 2. The summed E-state index contributed by atoms with van der Waals surface area (Å²) in [7, 11) is 0. The lowest BCUT2D eigenvalue weighted by molar-refractivity contribution is 0.174. The maximum atomic E-state index is 13.0. The summed E-state index contributed by atoms with van der Waals surface area (Å²) in [6, 6.07) is 7.06. The molecule has 0 radical (unpaired) electrons. The summed E-state index contributed by atoms with van der Waals surface area (Å²) in [6.07, 6.45) is 0. The predicted octanol–water partition coefficient (Wildman–Crippen LogP) is 4.09. The van der Waals surface area contributed by atoms with Gasteiger partial charge in [-0.25, -0.2) is 4.39 Å². The van der Waals surface area contributed by atoms with Gasteiger partial charge in [0.2, 0.25) is 6.79 Å². The molecule has 110 valence electrons. The zero-order valence-electron chi connectivity index (χ0n) is 11.2. The molecule has 2 N–H and O–H groups in total. The molecule has 2 aromatic carbocycles. The molecule has 1 aliphatic heterocycles.